The van der Waals surface area contributed by atoms with Crippen molar-refractivity contribution in [2.45, 2.75) is 44.7 Å². The van der Waals surface area contributed by atoms with Crippen molar-refractivity contribution in [1.29, 1.82) is 0 Å². The first-order chi connectivity index (χ1) is 8.66. The third-order valence-electron chi connectivity index (χ3n) is 3.72. The van der Waals surface area contributed by atoms with E-state index in [-0.39, 0.29) is 5.91 Å². The number of carbonyl (C=O) groups is 1. The van der Waals surface area contributed by atoms with E-state index >= 15 is 0 Å². The molecule has 1 aromatic carbocycles. The Morgan fingerprint density at radius 2 is 2.06 bits per heavy atom. The molecule has 0 radical (unpaired) electrons. The highest BCUT2D eigenvalue weighted by Crippen LogP contribution is 2.24. The van der Waals surface area contributed by atoms with Crippen molar-refractivity contribution in [3.05, 3.63) is 35.9 Å². The molecular formula is C15H22N2O. The van der Waals surface area contributed by atoms with E-state index < -0.39 is 6.04 Å². The largest absolute Gasteiger partial charge is 0.352 e. The number of amides is 1. The maximum atomic E-state index is 12.1. The van der Waals surface area contributed by atoms with Crippen LogP contribution in [0.3, 0.4) is 0 Å². The molecule has 0 aromatic heterocycles. The first-order valence-electron chi connectivity index (χ1n) is 6.77. The Balaban J connectivity index is 1.91. The van der Waals surface area contributed by atoms with Crippen LogP contribution in [0.5, 0.6) is 0 Å². The molecule has 2 rings (SSSR count). The van der Waals surface area contributed by atoms with Gasteiger partial charge in [0.05, 0.1) is 0 Å². The lowest BCUT2D eigenvalue weighted by atomic mass is 9.87. The van der Waals surface area contributed by atoms with Crippen LogP contribution >= 0.6 is 0 Å². The summed E-state index contributed by atoms with van der Waals surface area (Å²) in [5.41, 5.74) is 6.85. The van der Waals surface area contributed by atoms with Gasteiger partial charge in [0.2, 0.25) is 5.91 Å². The number of carbonyl (C=O) groups excluding carboxylic acids is 1. The second-order valence-corrected chi connectivity index (χ2v) is 5.37. The van der Waals surface area contributed by atoms with Gasteiger partial charge in [-0.2, -0.15) is 0 Å². The summed E-state index contributed by atoms with van der Waals surface area (Å²) in [6.45, 7) is 2.25. The third-order valence-corrected chi connectivity index (χ3v) is 3.72. The number of rotatable bonds is 3. The summed E-state index contributed by atoms with van der Waals surface area (Å²) in [7, 11) is 0. The zero-order valence-corrected chi connectivity index (χ0v) is 10.9. The van der Waals surface area contributed by atoms with Crippen molar-refractivity contribution in [3.63, 3.8) is 0 Å². The molecule has 18 heavy (non-hydrogen) atoms. The van der Waals surface area contributed by atoms with Crippen LogP contribution in [-0.4, -0.2) is 11.9 Å². The Hall–Kier alpha value is -1.35. The highest BCUT2D eigenvalue weighted by molar-refractivity contribution is 5.83. The Morgan fingerprint density at radius 1 is 1.33 bits per heavy atom. The van der Waals surface area contributed by atoms with Gasteiger partial charge in [0.25, 0.3) is 0 Å². The van der Waals surface area contributed by atoms with Gasteiger partial charge in [-0.05, 0) is 24.3 Å². The van der Waals surface area contributed by atoms with Gasteiger partial charge in [-0.3, -0.25) is 4.79 Å². The van der Waals surface area contributed by atoms with Crippen molar-refractivity contribution in [3.8, 4) is 0 Å². The number of nitrogens with two attached hydrogens (primary N) is 1. The number of hydrogen-bond donors (Lipinski definition) is 2. The summed E-state index contributed by atoms with van der Waals surface area (Å²) < 4.78 is 0. The highest BCUT2D eigenvalue weighted by atomic mass is 16.2. The van der Waals surface area contributed by atoms with Crippen LogP contribution in [0.4, 0.5) is 0 Å². The lowest BCUT2D eigenvalue weighted by Crippen LogP contribution is -2.42. The molecule has 0 bridgehead atoms. The smallest absolute Gasteiger partial charge is 0.241 e. The molecule has 2 unspecified atom stereocenters. The van der Waals surface area contributed by atoms with Crippen molar-refractivity contribution in [1.82, 2.24) is 5.32 Å². The first-order valence-corrected chi connectivity index (χ1v) is 6.77. The average Bonchev–Trinajstić information content (AvgIpc) is 2.39. The van der Waals surface area contributed by atoms with E-state index in [9.17, 15) is 4.79 Å². The first kappa shape index (κ1) is 13.1. The molecule has 0 aliphatic heterocycles. The number of hydrogen-bond acceptors (Lipinski definition) is 2. The van der Waals surface area contributed by atoms with Crippen LogP contribution in [0.2, 0.25) is 0 Å². The maximum Gasteiger partial charge on any atom is 0.241 e. The van der Waals surface area contributed by atoms with Gasteiger partial charge in [-0.15, -0.1) is 0 Å². The number of benzene rings is 1. The zero-order valence-electron chi connectivity index (χ0n) is 10.9. The topological polar surface area (TPSA) is 55.1 Å². The lowest BCUT2D eigenvalue weighted by Gasteiger charge is -2.28. The van der Waals surface area contributed by atoms with Crippen molar-refractivity contribution in [2.75, 3.05) is 0 Å². The quantitative estimate of drug-likeness (QED) is 0.860. The van der Waals surface area contributed by atoms with Gasteiger partial charge < -0.3 is 11.1 Å². The fraction of sp³-hybridized carbons (Fsp3) is 0.533. The Labute approximate surface area is 109 Å². The van der Waals surface area contributed by atoms with Crippen LogP contribution < -0.4 is 11.1 Å². The van der Waals surface area contributed by atoms with Crippen LogP contribution in [0.25, 0.3) is 0 Å². The molecule has 0 heterocycles. The molecule has 1 amide bonds. The van der Waals surface area contributed by atoms with Crippen LogP contribution in [0, 0.1) is 5.92 Å². The predicted octanol–water partition coefficient (Wildman–Crippen LogP) is 2.38. The van der Waals surface area contributed by atoms with E-state index in [1.165, 1.54) is 12.8 Å². The molecule has 3 nitrogen and oxygen atoms in total. The van der Waals surface area contributed by atoms with E-state index in [0.29, 0.717) is 12.0 Å². The lowest BCUT2D eigenvalue weighted by molar-refractivity contribution is -0.123. The number of nitrogens with one attached hydrogen (secondary N) is 1. The monoisotopic (exact) mass is 246 g/mol. The zero-order chi connectivity index (χ0) is 13.0. The average molecular weight is 246 g/mol. The maximum absolute atomic E-state index is 12.1. The third kappa shape index (κ3) is 3.33. The second-order valence-electron chi connectivity index (χ2n) is 5.37. The Bertz CT molecular complexity index is 391. The molecule has 1 aromatic rings. The normalized spacial score (nSPS) is 25.4. The molecule has 0 saturated heterocycles. The van der Waals surface area contributed by atoms with Crippen molar-refractivity contribution in [2.24, 2.45) is 11.7 Å². The molecule has 1 aliphatic rings. The van der Waals surface area contributed by atoms with Crippen molar-refractivity contribution < 1.29 is 4.79 Å². The van der Waals surface area contributed by atoms with Gasteiger partial charge in [0.1, 0.15) is 6.04 Å². The molecule has 3 heteroatoms. The van der Waals surface area contributed by atoms with Gasteiger partial charge >= 0.3 is 0 Å². The van der Waals surface area contributed by atoms with Crippen LogP contribution in [-0.2, 0) is 4.79 Å². The summed E-state index contributed by atoms with van der Waals surface area (Å²) in [4.78, 5) is 12.1. The van der Waals surface area contributed by atoms with Gasteiger partial charge in [-0.25, -0.2) is 0 Å². The highest BCUT2D eigenvalue weighted by Gasteiger charge is 2.23. The van der Waals surface area contributed by atoms with Gasteiger partial charge in [0, 0.05) is 6.04 Å². The predicted molar refractivity (Wildman–Crippen MR) is 72.9 cm³/mol. The molecule has 1 saturated carbocycles. The Kier molecular flexibility index (Phi) is 4.37. The SMILES string of the molecule is CC1CCCC(NC(=O)[C@H](N)c2ccccc2)C1. The van der Waals surface area contributed by atoms with E-state index in [1.54, 1.807) is 0 Å². The van der Waals surface area contributed by atoms with Crippen molar-refractivity contribution >= 4 is 5.91 Å². The second kappa shape index (κ2) is 6.01. The minimum Gasteiger partial charge on any atom is -0.352 e. The minimum absolute atomic E-state index is 0.0553. The summed E-state index contributed by atoms with van der Waals surface area (Å²) in [6.07, 6.45) is 4.63. The molecule has 1 aliphatic carbocycles. The van der Waals surface area contributed by atoms with Gasteiger partial charge in [0.15, 0.2) is 0 Å². The standard InChI is InChI=1S/C15H22N2O/c1-11-6-5-9-13(10-11)17-15(18)14(16)12-7-3-2-4-8-12/h2-4,7-8,11,13-14H,5-6,9-10,16H2,1H3,(H,17,18)/t11?,13?,14-/m1/s1. The fourth-order valence-corrected chi connectivity index (χ4v) is 2.67. The summed E-state index contributed by atoms with van der Waals surface area (Å²) in [6, 6.07) is 9.29. The molecular weight excluding hydrogens is 224 g/mol. The Morgan fingerprint density at radius 3 is 2.72 bits per heavy atom. The van der Waals surface area contributed by atoms with Gasteiger partial charge in [-0.1, -0.05) is 50.1 Å². The molecule has 0 spiro atoms. The molecule has 98 valence electrons. The van der Waals surface area contributed by atoms with E-state index in [2.05, 4.69) is 12.2 Å². The molecule has 3 N–H and O–H groups in total. The van der Waals surface area contributed by atoms with E-state index in [0.717, 1.165) is 18.4 Å². The fourth-order valence-electron chi connectivity index (χ4n) is 2.67. The minimum atomic E-state index is -0.552. The molecule has 3 atom stereocenters. The van der Waals surface area contributed by atoms with E-state index in [1.807, 2.05) is 30.3 Å². The molecule has 1 fully saturated rings. The summed E-state index contributed by atoms with van der Waals surface area (Å²) >= 11 is 0. The van der Waals surface area contributed by atoms with Crippen LogP contribution in [0.15, 0.2) is 30.3 Å². The van der Waals surface area contributed by atoms with E-state index in [4.69, 9.17) is 5.73 Å². The summed E-state index contributed by atoms with van der Waals surface area (Å²) in [5.74, 6) is 0.650. The summed E-state index contributed by atoms with van der Waals surface area (Å²) in [5, 5.41) is 3.08. The van der Waals surface area contributed by atoms with Crippen LogP contribution in [0.1, 0.15) is 44.2 Å².